The van der Waals surface area contributed by atoms with E-state index < -0.39 is 5.97 Å². The van der Waals surface area contributed by atoms with Gasteiger partial charge in [0.15, 0.2) is 0 Å². The fourth-order valence-corrected chi connectivity index (χ4v) is 5.53. The van der Waals surface area contributed by atoms with Crippen molar-refractivity contribution in [1.82, 2.24) is 0 Å². The first-order valence-electron chi connectivity index (χ1n) is 7.43. The minimum absolute atomic E-state index is 0.251. The van der Waals surface area contributed by atoms with Crippen LogP contribution in [0.1, 0.15) is 52.4 Å². The van der Waals surface area contributed by atoms with Gasteiger partial charge in [-0.3, -0.25) is 0 Å². The molecular weight excluding hydrogens is 224 g/mol. The van der Waals surface area contributed by atoms with Gasteiger partial charge in [0.25, 0.3) is 0 Å². The number of carboxylic acid groups (broad SMARTS) is 1. The zero-order valence-electron chi connectivity index (χ0n) is 11.5. The van der Waals surface area contributed by atoms with E-state index in [0.29, 0.717) is 5.92 Å². The molecule has 4 bridgehead atoms. The Balaban J connectivity index is 1.96. The molecule has 0 aromatic rings. The van der Waals surface area contributed by atoms with Crippen LogP contribution in [0.25, 0.3) is 0 Å². The molecule has 4 fully saturated rings. The number of aliphatic carboxylic acids is 1. The van der Waals surface area contributed by atoms with Crippen molar-refractivity contribution >= 4 is 5.97 Å². The molecule has 4 aliphatic rings. The van der Waals surface area contributed by atoms with Crippen LogP contribution in [0, 0.1) is 29.1 Å². The van der Waals surface area contributed by atoms with Crippen molar-refractivity contribution in [2.75, 3.05) is 0 Å². The molecule has 2 nitrogen and oxygen atoms in total. The molecule has 0 aliphatic heterocycles. The van der Waals surface area contributed by atoms with E-state index in [1.54, 1.807) is 0 Å². The van der Waals surface area contributed by atoms with Crippen molar-refractivity contribution in [3.8, 4) is 0 Å². The summed E-state index contributed by atoms with van der Waals surface area (Å²) in [7, 11) is 0. The first kappa shape index (κ1) is 12.3. The van der Waals surface area contributed by atoms with Gasteiger partial charge in [0.2, 0.25) is 0 Å². The predicted octanol–water partition coefficient (Wildman–Crippen LogP) is 3.87. The van der Waals surface area contributed by atoms with Gasteiger partial charge in [-0.2, -0.15) is 0 Å². The van der Waals surface area contributed by atoms with Crippen LogP contribution in [0.2, 0.25) is 0 Å². The Morgan fingerprint density at radius 3 is 1.89 bits per heavy atom. The van der Waals surface area contributed by atoms with Crippen LogP contribution in [-0.2, 0) is 4.79 Å². The summed E-state index contributed by atoms with van der Waals surface area (Å²) in [5.41, 5.74) is 1.48. The minimum Gasteiger partial charge on any atom is -0.478 e. The number of rotatable bonds is 3. The third-order valence-corrected chi connectivity index (χ3v) is 5.55. The molecule has 4 saturated carbocycles. The van der Waals surface area contributed by atoms with Crippen LogP contribution in [0.5, 0.6) is 0 Å². The van der Waals surface area contributed by atoms with Crippen molar-refractivity contribution < 1.29 is 9.90 Å². The van der Waals surface area contributed by atoms with E-state index >= 15 is 0 Å². The minimum atomic E-state index is -0.755. The van der Waals surface area contributed by atoms with Crippen molar-refractivity contribution in [3.05, 3.63) is 11.6 Å². The van der Waals surface area contributed by atoms with Crippen LogP contribution in [0.3, 0.4) is 0 Å². The summed E-state index contributed by atoms with van der Waals surface area (Å²) >= 11 is 0. The van der Waals surface area contributed by atoms with E-state index in [0.717, 1.165) is 17.8 Å². The molecular formula is C16H24O2. The molecule has 4 rings (SSSR count). The summed E-state index contributed by atoms with van der Waals surface area (Å²) in [4.78, 5) is 11.1. The van der Waals surface area contributed by atoms with Gasteiger partial charge in [-0.15, -0.1) is 0 Å². The highest BCUT2D eigenvalue weighted by atomic mass is 16.4. The van der Waals surface area contributed by atoms with Crippen LogP contribution in [0.4, 0.5) is 0 Å². The molecule has 0 unspecified atom stereocenters. The van der Waals surface area contributed by atoms with Crippen molar-refractivity contribution in [1.29, 1.82) is 0 Å². The number of carboxylic acids is 1. The molecule has 0 aromatic heterocycles. The third kappa shape index (κ3) is 1.90. The van der Waals surface area contributed by atoms with Gasteiger partial charge in [-0.1, -0.05) is 19.4 Å². The van der Waals surface area contributed by atoms with Gasteiger partial charge in [0.05, 0.1) is 0 Å². The summed E-state index contributed by atoms with van der Waals surface area (Å²) < 4.78 is 0. The number of hydrogen-bond donors (Lipinski definition) is 1. The van der Waals surface area contributed by atoms with E-state index in [1.807, 2.05) is 0 Å². The van der Waals surface area contributed by atoms with E-state index in [1.165, 1.54) is 50.2 Å². The van der Waals surface area contributed by atoms with Crippen LogP contribution in [-0.4, -0.2) is 11.1 Å². The summed E-state index contributed by atoms with van der Waals surface area (Å²) in [6.45, 7) is 4.32. The second-order valence-electron chi connectivity index (χ2n) is 7.29. The summed E-state index contributed by atoms with van der Waals surface area (Å²) in [5.74, 6) is 2.26. The highest BCUT2D eigenvalue weighted by Gasteiger charge is 2.52. The fraction of sp³-hybridized carbons (Fsp3) is 0.812. The lowest BCUT2D eigenvalue weighted by Crippen LogP contribution is -2.47. The molecule has 100 valence electrons. The second-order valence-corrected chi connectivity index (χ2v) is 7.29. The Labute approximate surface area is 109 Å². The highest BCUT2D eigenvalue weighted by Crippen LogP contribution is 2.63. The Morgan fingerprint density at radius 2 is 1.56 bits per heavy atom. The molecule has 4 aliphatic carbocycles. The largest absolute Gasteiger partial charge is 0.478 e. The average molecular weight is 248 g/mol. The van der Waals surface area contributed by atoms with E-state index in [2.05, 4.69) is 13.8 Å². The molecule has 0 amide bonds. The lowest BCUT2D eigenvalue weighted by atomic mass is 9.47. The van der Waals surface area contributed by atoms with Crippen molar-refractivity contribution in [2.45, 2.75) is 52.4 Å². The Hall–Kier alpha value is -0.790. The first-order chi connectivity index (χ1) is 8.48. The highest BCUT2D eigenvalue weighted by molar-refractivity contribution is 5.81. The molecule has 18 heavy (non-hydrogen) atoms. The molecule has 0 spiro atoms. The molecule has 1 N–H and O–H groups in total. The summed E-state index contributed by atoms with van der Waals surface area (Å²) in [5, 5.41) is 9.16. The normalized spacial score (nSPS) is 42.6. The fourth-order valence-electron chi connectivity index (χ4n) is 5.53. The van der Waals surface area contributed by atoms with E-state index in [9.17, 15) is 4.79 Å². The smallest absolute Gasteiger partial charge is 0.328 e. The van der Waals surface area contributed by atoms with Gasteiger partial charge in [-0.05, 0) is 67.6 Å². The predicted molar refractivity (Wildman–Crippen MR) is 71.2 cm³/mol. The maximum absolute atomic E-state index is 11.1. The Kier molecular flexibility index (Phi) is 2.80. The lowest BCUT2D eigenvalue weighted by Gasteiger charge is -2.58. The SMILES string of the molecule is CC(C)/C(=C\C(=O)O)C12CC3CC(CC(C3)C1)C2. The zero-order valence-corrected chi connectivity index (χ0v) is 11.5. The van der Waals surface area contributed by atoms with E-state index in [-0.39, 0.29) is 5.41 Å². The number of allylic oxidation sites excluding steroid dienone is 1. The Bertz CT molecular complexity index is 357. The van der Waals surface area contributed by atoms with Gasteiger partial charge in [0, 0.05) is 6.08 Å². The van der Waals surface area contributed by atoms with Crippen LogP contribution in [0.15, 0.2) is 11.6 Å². The third-order valence-electron chi connectivity index (χ3n) is 5.55. The Morgan fingerprint density at radius 1 is 1.11 bits per heavy atom. The molecule has 2 heteroatoms. The van der Waals surface area contributed by atoms with Gasteiger partial charge in [0.1, 0.15) is 0 Å². The molecule has 0 aromatic carbocycles. The summed E-state index contributed by atoms with van der Waals surface area (Å²) in [6.07, 6.45) is 9.56. The van der Waals surface area contributed by atoms with Crippen molar-refractivity contribution in [2.24, 2.45) is 29.1 Å². The topological polar surface area (TPSA) is 37.3 Å². The molecule has 0 saturated heterocycles. The molecule has 0 atom stereocenters. The molecule has 0 radical (unpaired) electrons. The standard InChI is InChI=1S/C16H24O2/c1-10(2)14(6-15(17)18)16-7-11-3-12(8-16)5-13(4-11)9-16/h6,10-13H,3-5,7-9H2,1-2H3,(H,17,18)/b14-6+. The monoisotopic (exact) mass is 248 g/mol. The van der Waals surface area contributed by atoms with Gasteiger partial charge >= 0.3 is 5.97 Å². The average Bonchev–Trinajstić information content (AvgIpc) is 2.23. The van der Waals surface area contributed by atoms with Crippen LogP contribution >= 0.6 is 0 Å². The number of carbonyl (C=O) groups is 1. The van der Waals surface area contributed by atoms with Gasteiger partial charge in [-0.25, -0.2) is 4.79 Å². The maximum atomic E-state index is 11.1. The van der Waals surface area contributed by atoms with Gasteiger partial charge < -0.3 is 5.11 Å². The van der Waals surface area contributed by atoms with Crippen LogP contribution < -0.4 is 0 Å². The maximum Gasteiger partial charge on any atom is 0.328 e. The number of hydrogen-bond acceptors (Lipinski definition) is 1. The summed E-state index contributed by atoms with van der Waals surface area (Å²) in [6, 6.07) is 0. The molecule has 0 heterocycles. The second kappa shape index (κ2) is 4.11. The van der Waals surface area contributed by atoms with E-state index in [4.69, 9.17) is 5.11 Å². The lowest BCUT2D eigenvalue weighted by molar-refractivity contribution is -0.131. The first-order valence-corrected chi connectivity index (χ1v) is 7.43. The quantitative estimate of drug-likeness (QED) is 0.770. The zero-order chi connectivity index (χ0) is 12.9. The van der Waals surface area contributed by atoms with Crippen molar-refractivity contribution in [3.63, 3.8) is 0 Å².